The smallest absolute Gasteiger partial charge is 0.125 e. The molecule has 1 heterocycles. The number of hydrogen-bond acceptors (Lipinski definition) is 2. The number of pyridine rings is 1. The van der Waals surface area contributed by atoms with Crippen molar-refractivity contribution in [1.82, 2.24) is 4.98 Å². The number of nitrogens with zero attached hydrogens (tertiary/aromatic N) is 1. The van der Waals surface area contributed by atoms with Crippen LogP contribution >= 0.6 is 0 Å². The molecule has 1 aromatic heterocycles. The fraction of sp³-hybridized carbons (Fsp3) is 0.545. The van der Waals surface area contributed by atoms with E-state index in [1.165, 1.54) is 12.8 Å². The first-order chi connectivity index (χ1) is 6.36. The topological polar surface area (TPSA) is 24.9 Å². The van der Waals surface area contributed by atoms with Crippen molar-refractivity contribution in [2.24, 2.45) is 11.8 Å². The maximum Gasteiger partial charge on any atom is 0.125 e. The predicted octanol–water partition coefficient (Wildman–Crippen LogP) is 2.54. The molecule has 2 rings (SSSR count). The fourth-order valence-electron chi connectivity index (χ4n) is 1.74. The van der Waals surface area contributed by atoms with Gasteiger partial charge in [-0.1, -0.05) is 19.4 Å². The van der Waals surface area contributed by atoms with Crippen LogP contribution in [-0.4, -0.2) is 11.5 Å². The highest BCUT2D eigenvalue weighted by molar-refractivity contribution is 5.33. The number of nitrogens with one attached hydrogen (secondary N) is 1. The van der Waals surface area contributed by atoms with Gasteiger partial charge in [-0.2, -0.15) is 0 Å². The quantitative estimate of drug-likeness (QED) is 0.765. The van der Waals surface area contributed by atoms with Crippen LogP contribution in [0.3, 0.4) is 0 Å². The lowest BCUT2D eigenvalue weighted by atomic mass is 9.75. The summed E-state index contributed by atoms with van der Waals surface area (Å²) in [5.41, 5.74) is 0. The number of anilines is 1. The van der Waals surface area contributed by atoms with Crippen LogP contribution in [0.4, 0.5) is 5.82 Å². The summed E-state index contributed by atoms with van der Waals surface area (Å²) in [7, 11) is 0. The molecule has 0 bridgehead atoms. The molecule has 2 heteroatoms. The van der Waals surface area contributed by atoms with Gasteiger partial charge in [0, 0.05) is 12.7 Å². The molecule has 0 spiro atoms. The third-order valence-corrected chi connectivity index (χ3v) is 3.01. The van der Waals surface area contributed by atoms with Gasteiger partial charge in [-0.05, 0) is 30.4 Å². The van der Waals surface area contributed by atoms with Gasteiger partial charge in [0.25, 0.3) is 0 Å². The Morgan fingerprint density at radius 3 is 2.92 bits per heavy atom. The standard InChI is InChI=1S/C11H16N2/c1-9-5-6-10(9)8-13-11-4-2-3-7-12-11/h2-4,7,9-10H,5-6,8H2,1H3,(H,12,13)/t9-,10+/m0/s1. The average molecular weight is 176 g/mol. The molecular weight excluding hydrogens is 160 g/mol. The van der Waals surface area contributed by atoms with Gasteiger partial charge in [-0.3, -0.25) is 0 Å². The van der Waals surface area contributed by atoms with E-state index in [2.05, 4.69) is 17.2 Å². The van der Waals surface area contributed by atoms with Gasteiger partial charge in [0.05, 0.1) is 0 Å². The zero-order chi connectivity index (χ0) is 9.10. The molecule has 2 nitrogen and oxygen atoms in total. The summed E-state index contributed by atoms with van der Waals surface area (Å²) in [6.07, 6.45) is 4.60. The van der Waals surface area contributed by atoms with Gasteiger partial charge in [0.15, 0.2) is 0 Å². The van der Waals surface area contributed by atoms with E-state index >= 15 is 0 Å². The Morgan fingerprint density at radius 1 is 1.46 bits per heavy atom. The minimum Gasteiger partial charge on any atom is -0.370 e. The van der Waals surface area contributed by atoms with Gasteiger partial charge in [0.1, 0.15) is 5.82 Å². The molecule has 0 saturated heterocycles. The van der Waals surface area contributed by atoms with E-state index in [0.717, 1.165) is 24.2 Å². The number of aromatic nitrogens is 1. The van der Waals surface area contributed by atoms with Gasteiger partial charge >= 0.3 is 0 Å². The lowest BCUT2D eigenvalue weighted by Crippen LogP contribution is -2.29. The van der Waals surface area contributed by atoms with Crippen molar-refractivity contribution < 1.29 is 0 Å². The summed E-state index contributed by atoms with van der Waals surface area (Å²) in [5, 5.41) is 3.37. The second kappa shape index (κ2) is 3.77. The third-order valence-electron chi connectivity index (χ3n) is 3.01. The monoisotopic (exact) mass is 176 g/mol. The fourth-order valence-corrected chi connectivity index (χ4v) is 1.74. The van der Waals surface area contributed by atoms with Crippen LogP contribution in [0.15, 0.2) is 24.4 Å². The summed E-state index contributed by atoms with van der Waals surface area (Å²) < 4.78 is 0. The van der Waals surface area contributed by atoms with E-state index < -0.39 is 0 Å². The van der Waals surface area contributed by atoms with Crippen molar-refractivity contribution in [3.05, 3.63) is 24.4 Å². The summed E-state index contributed by atoms with van der Waals surface area (Å²) >= 11 is 0. The minimum absolute atomic E-state index is 0.863. The Bertz CT molecular complexity index is 258. The molecule has 0 radical (unpaired) electrons. The number of hydrogen-bond donors (Lipinski definition) is 1. The van der Waals surface area contributed by atoms with Crippen LogP contribution < -0.4 is 5.32 Å². The molecule has 0 aliphatic heterocycles. The Morgan fingerprint density at radius 2 is 2.38 bits per heavy atom. The van der Waals surface area contributed by atoms with E-state index in [1.807, 2.05) is 24.4 Å². The first-order valence-corrected chi connectivity index (χ1v) is 5.01. The Labute approximate surface area is 79.4 Å². The molecule has 0 aromatic carbocycles. The SMILES string of the molecule is C[C@H]1CC[C@@H]1CNc1ccccn1. The van der Waals surface area contributed by atoms with Crippen molar-refractivity contribution in [1.29, 1.82) is 0 Å². The Balaban J connectivity index is 1.80. The third kappa shape index (κ3) is 2.00. The highest BCUT2D eigenvalue weighted by Crippen LogP contribution is 2.33. The maximum absolute atomic E-state index is 4.22. The Hall–Kier alpha value is -1.05. The normalized spacial score (nSPS) is 26.5. The summed E-state index contributed by atoms with van der Waals surface area (Å²) in [6.45, 7) is 3.41. The molecule has 1 aliphatic rings. The van der Waals surface area contributed by atoms with Gasteiger partial charge in [-0.25, -0.2) is 4.98 Å². The van der Waals surface area contributed by atoms with E-state index in [-0.39, 0.29) is 0 Å². The molecule has 0 unspecified atom stereocenters. The van der Waals surface area contributed by atoms with Crippen molar-refractivity contribution in [2.75, 3.05) is 11.9 Å². The van der Waals surface area contributed by atoms with Gasteiger partial charge < -0.3 is 5.32 Å². The van der Waals surface area contributed by atoms with Crippen molar-refractivity contribution in [2.45, 2.75) is 19.8 Å². The first kappa shape index (κ1) is 8.54. The second-order valence-electron chi connectivity index (χ2n) is 3.91. The van der Waals surface area contributed by atoms with Crippen LogP contribution in [0.1, 0.15) is 19.8 Å². The Kier molecular flexibility index (Phi) is 2.48. The van der Waals surface area contributed by atoms with E-state index in [1.54, 1.807) is 0 Å². The zero-order valence-electron chi connectivity index (χ0n) is 8.03. The molecule has 1 aliphatic carbocycles. The highest BCUT2D eigenvalue weighted by atomic mass is 15.0. The zero-order valence-corrected chi connectivity index (χ0v) is 8.03. The second-order valence-corrected chi connectivity index (χ2v) is 3.91. The first-order valence-electron chi connectivity index (χ1n) is 5.01. The molecule has 1 aromatic rings. The molecule has 1 N–H and O–H groups in total. The van der Waals surface area contributed by atoms with E-state index in [4.69, 9.17) is 0 Å². The lowest BCUT2D eigenvalue weighted by molar-refractivity contribution is 0.210. The predicted molar refractivity (Wildman–Crippen MR) is 54.6 cm³/mol. The molecule has 1 fully saturated rings. The van der Waals surface area contributed by atoms with Crippen LogP contribution in [0.25, 0.3) is 0 Å². The molecular formula is C11H16N2. The molecule has 70 valence electrons. The highest BCUT2D eigenvalue weighted by Gasteiger charge is 2.25. The van der Waals surface area contributed by atoms with Crippen molar-refractivity contribution in [3.63, 3.8) is 0 Å². The van der Waals surface area contributed by atoms with Gasteiger partial charge in [-0.15, -0.1) is 0 Å². The van der Waals surface area contributed by atoms with Gasteiger partial charge in [0.2, 0.25) is 0 Å². The van der Waals surface area contributed by atoms with Crippen LogP contribution in [0.5, 0.6) is 0 Å². The average Bonchev–Trinajstić information content (AvgIpc) is 2.17. The summed E-state index contributed by atoms with van der Waals surface area (Å²) in [6, 6.07) is 5.97. The molecule has 0 amide bonds. The van der Waals surface area contributed by atoms with Crippen LogP contribution in [0, 0.1) is 11.8 Å². The minimum atomic E-state index is 0.863. The van der Waals surface area contributed by atoms with Crippen molar-refractivity contribution in [3.8, 4) is 0 Å². The number of rotatable bonds is 3. The maximum atomic E-state index is 4.22. The summed E-state index contributed by atoms with van der Waals surface area (Å²) in [4.78, 5) is 4.22. The molecule has 1 saturated carbocycles. The van der Waals surface area contributed by atoms with E-state index in [0.29, 0.717) is 0 Å². The summed E-state index contributed by atoms with van der Waals surface area (Å²) in [5.74, 6) is 2.76. The van der Waals surface area contributed by atoms with Crippen molar-refractivity contribution >= 4 is 5.82 Å². The molecule has 2 atom stereocenters. The lowest BCUT2D eigenvalue weighted by Gasteiger charge is -2.33. The van der Waals surface area contributed by atoms with Crippen LogP contribution in [-0.2, 0) is 0 Å². The van der Waals surface area contributed by atoms with E-state index in [9.17, 15) is 0 Å². The van der Waals surface area contributed by atoms with Crippen LogP contribution in [0.2, 0.25) is 0 Å². The molecule has 13 heavy (non-hydrogen) atoms. The largest absolute Gasteiger partial charge is 0.370 e.